The third-order valence-corrected chi connectivity index (χ3v) is 6.74. The molecule has 4 atom stereocenters. The molecular weight excluding hydrogens is 404 g/mol. The molecule has 0 amide bonds. The number of aliphatic hydroxyl groups excluding tert-OH is 1. The van der Waals surface area contributed by atoms with Crippen LogP contribution in [-0.4, -0.2) is 41.3 Å². The van der Waals surface area contributed by atoms with E-state index in [0.29, 0.717) is 19.4 Å². The van der Waals surface area contributed by atoms with Crippen molar-refractivity contribution >= 4 is 5.97 Å². The highest BCUT2D eigenvalue weighted by Crippen LogP contribution is 2.27. The third kappa shape index (κ3) is 14.5. The molecule has 0 aromatic heterocycles. The van der Waals surface area contributed by atoms with Crippen LogP contribution in [0, 0.1) is 5.92 Å². The maximum absolute atomic E-state index is 12.1. The first-order valence-corrected chi connectivity index (χ1v) is 13.8. The summed E-state index contributed by atoms with van der Waals surface area (Å²) in [5.41, 5.74) is 0. The summed E-state index contributed by atoms with van der Waals surface area (Å²) in [6.45, 7) is 5.07. The van der Waals surface area contributed by atoms with Crippen molar-refractivity contribution in [2.24, 2.45) is 5.92 Å². The molecule has 0 bridgehead atoms. The fourth-order valence-electron chi connectivity index (χ4n) is 4.66. The Morgan fingerprint density at radius 2 is 1.44 bits per heavy atom. The number of aliphatic carboxylic acids is 1. The lowest BCUT2D eigenvalue weighted by molar-refractivity contribution is -0.207. The van der Waals surface area contributed by atoms with Crippen LogP contribution in [0.5, 0.6) is 0 Å². The summed E-state index contributed by atoms with van der Waals surface area (Å²) in [4.78, 5) is 12.1. The quantitative estimate of drug-likeness (QED) is 0.178. The molecule has 0 aromatic carbocycles. The van der Waals surface area contributed by atoms with E-state index in [-0.39, 0.29) is 6.29 Å². The molecule has 0 aliphatic carbocycles. The van der Waals surface area contributed by atoms with Gasteiger partial charge in [0.25, 0.3) is 0 Å². The molecule has 5 nitrogen and oxygen atoms in total. The van der Waals surface area contributed by atoms with Gasteiger partial charge in [-0.2, -0.15) is 0 Å². The Morgan fingerprint density at radius 1 is 0.875 bits per heavy atom. The van der Waals surface area contributed by atoms with Gasteiger partial charge in [-0.05, 0) is 32.1 Å². The number of hydrogen-bond acceptors (Lipinski definition) is 4. The molecule has 0 saturated carbocycles. The van der Waals surface area contributed by atoms with Crippen LogP contribution < -0.4 is 0 Å². The van der Waals surface area contributed by atoms with Gasteiger partial charge in [0.1, 0.15) is 0 Å². The van der Waals surface area contributed by atoms with Crippen LogP contribution in [0.4, 0.5) is 0 Å². The summed E-state index contributed by atoms with van der Waals surface area (Å²) < 4.78 is 11.9. The van der Waals surface area contributed by atoms with E-state index in [2.05, 4.69) is 13.8 Å². The number of hydrogen-bond donors (Lipinski definition) is 2. The highest BCUT2D eigenvalue weighted by molar-refractivity contribution is 5.70. The van der Waals surface area contributed by atoms with Gasteiger partial charge in [0.15, 0.2) is 6.29 Å². The molecule has 2 N–H and O–H groups in total. The third-order valence-electron chi connectivity index (χ3n) is 6.74. The second kappa shape index (κ2) is 19.8. The smallest absolute Gasteiger partial charge is 0.309 e. The van der Waals surface area contributed by atoms with Crippen LogP contribution in [0.25, 0.3) is 0 Å². The highest BCUT2D eigenvalue weighted by Gasteiger charge is 2.33. The van der Waals surface area contributed by atoms with E-state index in [1.54, 1.807) is 0 Å². The Labute approximate surface area is 197 Å². The first kappa shape index (κ1) is 29.4. The average molecular weight is 457 g/mol. The topological polar surface area (TPSA) is 76.0 Å². The normalized spacial score (nSPS) is 19.5. The highest BCUT2D eigenvalue weighted by atomic mass is 16.7. The van der Waals surface area contributed by atoms with Crippen molar-refractivity contribution in [3.05, 3.63) is 0 Å². The number of aliphatic hydroxyl groups is 1. The molecule has 0 spiro atoms. The van der Waals surface area contributed by atoms with Gasteiger partial charge in [-0.3, -0.25) is 4.79 Å². The number of rotatable bonds is 21. The lowest BCUT2D eigenvalue weighted by atomic mass is 9.90. The van der Waals surface area contributed by atoms with Crippen LogP contribution in [0.15, 0.2) is 0 Å². The van der Waals surface area contributed by atoms with Crippen LogP contribution in [-0.2, 0) is 14.3 Å². The zero-order chi connectivity index (χ0) is 23.4. The number of carbonyl (C=O) groups is 1. The first-order chi connectivity index (χ1) is 15.6. The molecule has 1 rings (SSSR count). The van der Waals surface area contributed by atoms with Gasteiger partial charge in [-0.15, -0.1) is 0 Å². The first-order valence-electron chi connectivity index (χ1n) is 13.8. The van der Waals surface area contributed by atoms with E-state index in [4.69, 9.17) is 9.47 Å². The van der Waals surface area contributed by atoms with E-state index in [9.17, 15) is 15.0 Å². The zero-order valence-corrected chi connectivity index (χ0v) is 21.1. The molecule has 1 saturated heterocycles. The van der Waals surface area contributed by atoms with Crippen molar-refractivity contribution in [1.29, 1.82) is 0 Å². The van der Waals surface area contributed by atoms with Crippen molar-refractivity contribution in [3.8, 4) is 0 Å². The summed E-state index contributed by atoms with van der Waals surface area (Å²) in [5, 5.41) is 20.6. The summed E-state index contributed by atoms with van der Waals surface area (Å²) in [5.74, 6) is -1.38. The van der Waals surface area contributed by atoms with Crippen LogP contribution in [0.1, 0.15) is 136 Å². The van der Waals surface area contributed by atoms with Gasteiger partial charge in [0.05, 0.1) is 18.1 Å². The maximum atomic E-state index is 12.1. The molecule has 190 valence electrons. The van der Waals surface area contributed by atoms with Gasteiger partial charge < -0.3 is 19.7 Å². The molecule has 1 unspecified atom stereocenters. The minimum absolute atomic E-state index is 0.328. The predicted molar refractivity (Wildman–Crippen MR) is 131 cm³/mol. The van der Waals surface area contributed by atoms with Crippen molar-refractivity contribution in [2.45, 2.75) is 154 Å². The van der Waals surface area contributed by atoms with Crippen LogP contribution >= 0.6 is 0 Å². The van der Waals surface area contributed by atoms with E-state index >= 15 is 0 Å². The molecule has 1 aliphatic rings. The molecule has 1 heterocycles. The summed E-state index contributed by atoms with van der Waals surface area (Å²) in [6.07, 6.45) is 18.8. The number of carboxylic acids is 1. The summed E-state index contributed by atoms with van der Waals surface area (Å²) >= 11 is 0. The Balaban J connectivity index is 2.44. The van der Waals surface area contributed by atoms with E-state index in [1.165, 1.54) is 44.9 Å². The molecule has 1 fully saturated rings. The van der Waals surface area contributed by atoms with E-state index in [0.717, 1.165) is 64.2 Å². The number of carboxylic acid groups (broad SMARTS) is 1. The van der Waals surface area contributed by atoms with E-state index < -0.39 is 24.1 Å². The second-order valence-electron chi connectivity index (χ2n) is 9.77. The summed E-state index contributed by atoms with van der Waals surface area (Å²) in [6, 6.07) is 0. The van der Waals surface area contributed by atoms with Crippen molar-refractivity contribution in [1.82, 2.24) is 0 Å². The standard InChI is InChI=1S/C27H52O5/c1-3-5-7-9-10-11-12-13-14-18-23(28)22-25(32-26-20-16-17-21-31-26)24(27(29)30)19-15-8-6-4-2/h23-26,28H,3-22H2,1-2H3,(H,29,30)/t23-,24+,25+,26?/m1/s1. The Bertz CT molecular complexity index is 436. The predicted octanol–water partition coefficient (Wildman–Crippen LogP) is 7.24. The Morgan fingerprint density at radius 3 is 2.00 bits per heavy atom. The summed E-state index contributed by atoms with van der Waals surface area (Å²) in [7, 11) is 0. The molecule has 1 aliphatic heterocycles. The molecule has 0 aromatic rings. The SMILES string of the molecule is CCCCCCCCCCC[C@@H](O)C[C@H](OC1CCCCO1)[C@H](CCCCCC)C(=O)O. The van der Waals surface area contributed by atoms with Crippen LogP contribution in [0.3, 0.4) is 0 Å². The van der Waals surface area contributed by atoms with Gasteiger partial charge in [-0.25, -0.2) is 0 Å². The largest absolute Gasteiger partial charge is 0.481 e. The fourth-order valence-corrected chi connectivity index (χ4v) is 4.66. The number of ether oxygens (including phenoxy) is 2. The van der Waals surface area contributed by atoms with Gasteiger partial charge in [-0.1, -0.05) is 97.3 Å². The minimum Gasteiger partial charge on any atom is -0.481 e. The Hall–Kier alpha value is -0.650. The van der Waals surface area contributed by atoms with Gasteiger partial charge in [0, 0.05) is 13.0 Å². The lowest BCUT2D eigenvalue weighted by Crippen LogP contribution is -2.38. The van der Waals surface area contributed by atoms with E-state index in [1.807, 2.05) is 0 Å². The molecule has 5 heteroatoms. The van der Waals surface area contributed by atoms with Crippen LogP contribution in [0.2, 0.25) is 0 Å². The molecular formula is C27H52O5. The van der Waals surface area contributed by atoms with Gasteiger partial charge >= 0.3 is 5.97 Å². The zero-order valence-electron chi connectivity index (χ0n) is 21.1. The monoisotopic (exact) mass is 456 g/mol. The fraction of sp³-hybridized carbons (Fsp3) is 0.963. The van der Waals surface area contributed by atoms with Crippen molar-refractivity contribution in [2.75, 3.05) is 6.61 Å². The maximum Gasteiger partial charge on any atom is 0.309 e. The number of unbranched alkanes of at least 4 members (excludes halogenated alkanes) is 11. The molecule has 32 heavy (non-hydrogen) atoms. The minimum atomic E-state index is -0.808. The molecule has 0 radical (unpaired) electrons. The lowest BCUT2D eigenvalue weighted by Gasteiger charge is -2.32. The van der Waals surface area contributed by atoms with Crippen molar-refractivity contribution < 1.29 is 24.5 Å². The Kier molecular flexibility index (Phi) is 18.2. The van der Waals surface area contributed by atoms with Crippen molar-refractivity contribution in [3.63, 3.8) is 0 Å². The second-order valence-corrected chi connectivity index (χ2v) is 9.77. The average Bonchev–Trinajstić information content (AvgIpc) is 2.78. The van der Waals surface area contributed by atoms with Gasteiger partial charge in [0.2, 0.25) is 0 Å².